The summed E-state index contributed by atoms with van der Waals surface area (Å²) in [7, 11) is -3.97. The molecule has 0 saturated heterocycles. The van der Waals surface area contributed by atoms with Crippen LogP contribution in [0.3, 0.4) is 0 Å². The third-order valence-corrected chi connectivity index (χ3v) is 5.63. The van der Waals surface area contributed by atoms with Crippen LogP contribution < -0.4 is 5.32 Å². The molecular weight excluding hydrogens is 336 g/mol. The molecule has 130 valence electrons. The van der Waals surface area contributed by atoms with Gasteiger partial charge in [-0.1, -0.05) is 13.3 Å². The predicted octanol–water partition coefficient (Wildman–Crippen LogP) is 0.834. The highest BCUT2D eigenvalue weighted by atomic mass is 32.2. The number of carboxylic acid groups (broad SMARTS) is 1. The molecule has 2 amide bonds. The maximum absolute atomic E-state index is 12.3. The molecule has 1 aromatic carbocycles. The molecule has 9 heteroatoms. The van der Waals surface area contributed by atoms with Crippen molar-refractivity contribution < 1.29 is 27.9 Å². The number of carbonyl (C=O) groups is 3. The zero-order chi connectivity index (χ0) is 18.1. The van der Waals surface area contributed by atoms with E-state index in [4.69, 9.17) is 5.11 Å². The van der Waals surface area contributed by atoms with E-state index in [0.717, 1.165) is 10.4 Å². The third kappa shape index (κ3) is 2.99. The van der Waals surface area contributed by atoms with Gasteiger partial charge >= 0.3 is 5.97 Å². The van der Waals surface area contributed by atoms with Crippen LogP contribution in [0.4, 0.5) is 0 Å². The zero-order valence-corrected chi connectivity index (χ0v) is 14.1. The lowest BCUT2D eigenvalue weighted by Crippen LogP contribution is -2.40. The molecule has 0 saturated carbocycles. The summed E-state index contributed by atoms with van der Waals surface area (Å²) in [4.78, 5) is 35.1. The summed E-state index contributed by atoms with van der Waals surface area (Å²) in [6.45, 7) is 3.32. The minimum absolute atomic E-state index is 0.00500. The van der Waals surface area contributed by atoms with Gasteiger partial charge in [-0.15, -0.1) is 0 Å². The Balaban J connectivity index is 2.35. The Morgan fingerprint density at radius 2 is 1.96 bits per heavy atom. The molecule has 1 unspecified atom stereocenters. The number of amides is 2. The highest BCUT2D eigenvalue weighted by Crippen LogP contribution is 2.30. The highest BCUT2D eigenvalue weighted by Gasteiger charge is 2.40. The topological polar surface area (TPSA) is 121 Å². The van der Waals surface area contributed by atoms with Crippen molar-refractivity contribution in [2.45, 2.75) is 37.6 Å². The summed E-state index contributed by atoms with van der Waals surface area (Å²) in [5.41, 5.74) is 0.00201. The second-order valence-electron chi connectivity index (χ2n) is 5.34. The van der Waals surface area contributed by atoms with Crippen molar-refractivity contribution in [2.24, 2.45) is 0 Å². The normalized spacial score (nSPS) is 16.6. The van der Waals surface area contributed by atoms with Crippen LogP contribution in [-0.4, -0.2) is 48.2 Å². The fraction of sp³-hybridized carbons (Fsp3) is 0.400. The van der Waals surface area contributed by atoms with Crippen molar-refractivity contribution in [1.82, 2.24) is 9.62 Å². The van der Waals surface area contributed by atoms with E-state index in [0.29, 0.717) is 6.42 Å². The molecule has 1 aromatic rings. The molecule has 0 fully saturated rings. The van der Waals surface area contributed by atoms with Gasteiger partial charge in [0.1, 0.15) is 10.9 Å². The number of carboxylic acids is 1. The monoisotopic (exact) mass is 354 g/mol. The van der Waals surface area contributed by atoms with Crippen LogP contribution in [0.25, 0.3) is 0 Å². The average Bonchev–Trinajstić information content (AvgIpc) is 2.72. The van der Waals surface area contributed by atoms with Gasteiger partial charge in [0.15, 0.2) is 0 Å². The van der Waals surface area contributed by atoms with Crippen molar-refractivity contribution in [3.05, 3.63) is 29.3 Å². The Morgan fingerprint density at radius 1 is 1.29 bits per heavy atom. The molecular formula is C15H18N2O6S. The van der Waals surface area contributed by atoms with Gasteiger partial charge in [0.25, 0.3) is 21.8 Å². The molecule has 1 heterocycles. The van der Waals surface area contributed by atoms with Crippen molar-refractivity contribution >= 4 is 27.8 Å². The van der Waals surface area contributed by atoms with E-state index in [-0.39, 0.29) is 29.0 Å². The first-order chi connectivity index (χ1) is 11.2. The van der Waals surface area contributed by atoms with Gasteiger partial charge in [-0.3, -0.25) is 9.59 Å². The number of nitrogens with one attached hydrogen (secondary N) is 1. The molecule has 2 N–H and O–H groups in total. The van der Waals surface area contributed by atoms with Crippen molar-refractivity contribution in [1.29, 1.82) is 0 Å². The summed E-state index contributed by atoms with van der Waals surface area (Å²) in [5, 5.41) is 11.4. The SMILES string of the molecule is CCCC(NC(=O)c1ccc2c(c1)S(=O)(=O)N(CC)C2=O)C(=O)O. The van der Waals surface area contributed by atoms with Crippen LogP contribution >= 0.6 is 0 Å². The van der Waals surface area contributed by atoms with Crippen LogP contribution in [0.2, 0.25) is 0 Å². The molecule has 0 bridgehead atoms. The summed E-state index contributed by atoms with van der Waals surface area (Å²) in [6.07, 6.45) is 0.822. The van der Waals surface area contributed by atoms with Crippen molar-refractivity contribution in [3.8, 4) is 0 Å². The smallest absolute Gasteiger partial charge is 0.326 e. The molecule has 1 atom stereocenters. The van der Waals surface area contributed by atoms with Crippen molar-refractivity contribution in [3.63, 3.8) is 0 Å². The van der Waals surface area contributed by atoms with Crippen LogP contribution in [0.5, 0.6) is 0 Å². The number of hydrogen-bond acceptors (Lipinski definition) is 5. The number of fused-ring (bicyclic) bond motifs is 1. The Labute approximate surface area is 139 Å². The summed E-state index contributed by atoms with van der Waals surface area (Å²) >= 11 is 0. The first-order valence-corrected chi connectivity index (χ1v) is 8.92. The standard InChI is InChI=1S/C15H18N2O6S/c1-3-5-11(15(20)21)16-13(18)9-6-7-10-12(8-9)24(22,23)17(4-2)14(10)19/h6-8,11H,3-5H2,1-2H3,(H,16,18)(H,20,21). The van der Waals surface area contributed by atoms with E-state index in [1.807, 2.05) is 0 Å². The lowest BCUT2D eigenvalue weighted by molar-refractivity contribution is -0.139. The molecule has 1 aliphatic rings. The average molecular weight is 354 g/mol. The number of rotatable bonds is 6. The zero-order valence-electron chi connectivity index (χ0n) is 13.3. The van der Waals surface area contributed by atoms with Gasteiger partial charge < -0.3 is 10.4 Å². The van der Waals surface area contributed by atoms with Gasteiger partial charge in [-0.25, -0.2) is 17.5 Å². The molecule has 0 spiro atoms. The number of aliphatic carboxylic acids is 1. The molecule has 1 aliphatic heterocycles. The molecule has 0 aromatic heterocycles. The molecule has 24 heavy (non-hydrogen) atoms. The van der Waals surface area contributed by atoms with E-state index in [2.05, 4.69) is 5.32 Å². The van der Waals surface area contributed by atoms with Gasteiger partial charge in [0, 0.05) is 12.1 Å². The van der Waals surface area contributed by atoms with E-state index in [1.54, 1.807) is 6.92 Å². The van der Waals surface area contributed by atoms with Crippen molar-refractivity contribution in [2.75, 3.05) is 6.54 Å². The first-order valence-electron chi connectivity index (χ1n) is 7.48. The number of carbonyl (C=O) groups excluding carboxylic acids is 2. The van der Waals surface area contributed by atoms with Gasteiger partial charge in [-0.2, -0.15) is 0 Å². The number of hydrogen-bond donors (Lipinski definition) is 2. The van der Waals surface area contributed by atoms with E-state index in [1.165, 1.54) is 19.1 Å². The lowest BCUT2D eigenvalue weighted by Gasteiger charge is -2.14. The number of nitrogens with zero attached hydrogens (tertiary/aromatic N) is 1. The number of sulfonamides is 1. The maximum atomic E-state index is 12.3. The Kier molecular flexibility index (Phi) is 4.93. The fourth-order valence-electron chi connectivity index (χ4n) is 2.52. The summed E-state index contributed by atoms with van der Waals surface area (Å²) in [6, 6.07) is 2.64. The first kappa shape index (κ1) is 17.9. The van der Waals surface area contributed by atoms with Crippen LogP contribution in [0, 0.1) is 0 Å². The third-order valence-electron chi connectivity index (χ3n) is 3.74. The largest absolute Gasteiger partial charge is 0.480 e. The number of benzene rings is 1. The Hall–Kier alpha value is -2.42. The second kappa shape index (κ2) is 6.60. The molecule has 2 rings (SSSR count). The predicted molar refractivity (Wildman–Crippen MR) is 84.1 cm³/mol. The minimum atomic E-state index is -3.97. The van der Waals surface area contributed by atoms with Crippen LogP contribution in [0.1, 0.15) is 47.4 Å². The van der Waals surface area contributed by atoms with E-state index in [9.17, 15) is 22.8 Å². The lowest BCUT2D eigenvalue weighted by atomic mass is 10.1. The Morgan fingerprint density at radius 3 is 2.50 bits per heavy atom. The van der Waals surface area contributed by atoms with Crippen LogP contribution in [-0.2, 0) is 14.8 Å². The minimum Gasteiger partial charge on any atom is -0.480 e. The molecule has 0 radical (unpaired) electrons. The van der Waals surface area contributed by atoms with Gasteiger partial charge in [0.2, 0.25) is 0 Å². The Bertz CT molecular complexity index is 802. The van der Waals surface area contributed by atoms with Crippen LogP contribution in [0.15, 0.2) is 23.1 Å². The highest BCUT2D eigenvalue weighted by molar-refractivity contribution is 7.90. The molecule has 0 aliphatic carbocycles. The maximum Gasteiger partial charge on any atom is 0.326 e. The van der Waals surface area contributed by atoms with E-state index >= 15 is 0 Å². The second-order valence-corrected chi connectivity index (χ2v) is 7.17. The fourth-order valence-corrected chi connectivity index (χ4v) is 4.12. The van der Waals surface area contributed by atoms with Gasteiger partial charge in [0.05, 0.1) is 5.56 Å². The molecule has 8 nitrogen and oxygen atoms in total. The summed E-state index contributed by atoms with van der Waals surface area (Å²) < 4.78 is 25.4. The van der Waals surface area contributed by atoms with Gasteiger partial charge in [-0.05, 0) is 31.5 Å². The van der Waals surface area contributed by atoms with E-state index < -0.39 is 33.8 Å². The summed E-state index contributed by atoms with van der Waals surface area (Å²) in [5.74, 6) is -2.49. The quantitative estimate of drug-likeness (QED) is 0.781.